The fourth-order valence-corrected chi connectivity index (χ4v) is 1.96. The molecule has 0 bridgehead atoms. The van der Waals surface area contributed by atoms with E-state index in [4.69, 9.17) is 0 Å². The minimum absolute atomic E-state index is 0.0849. The molecule has 100 valence electrons. The number of aryl methyl sites for hydroxylation is 1. The molecule has 0 aliphatic rings. The molecule has 2 N–H and O–H groups in total. The number of nitro groups is 1. The quantitative estimate of drug-likeness (QED) is 0.489. The van der Waals surface area contributed by atoms with Crippen molar-refractivity contribution in [2.24, 2.45) is 0 Å². The number of likely N-dealkylation sites (N-methyl/N-ethyl adjacent to an activating group) is 1. The number of aromatic nitrogens is 1. The summed E-state index contributed by atoms with van der Waals surface area (Å²) >= 11 is 0. The largest absolute Gasteiger partial charge is 0.383 e. The second-order valence-corrected chi connectivity index (χ2v) is 4.29. The second-order valence-electron chi connectivity index (χ2n) is 4.29. The molecule has 6 heteroatoms. The molecule has 0 saturated carbocycles. The number of nitrogens with zero attached hydrogens (tertiary/aromatic N) is 2. The Morgan fingerprint density at radius 2 is 2.11 bits per heavy atom. The van der Waals surface area contributed by atoms with E-state index in [-0.39, 0.29) is 10.6 Å². The molecule has 0 unspecified atom stereocenters. The fraction of sp³-hybridized carbons (Fsp3) is 0.308. The van der Waals surface area contributed by atoms with Crippen LogP contribution >= 0.6 is 0 Å². The van der Waals surface area contributed by atoms with Gasteiger partial charge in [-0.15, -0.1) is 0 Å². The van der Waals surface area contributed by atoms with E-state index < -0.39 is 0 Å². The average Bonchev–Trinajstić information content (AvgIpc) is 2.38. The molecule has 0 atom stereocenters. The maximum atomic E-state index is 11.0. The van der Waals surface area contributed by atoms with Crippen LogP contribution in [0.4, 0.5) is 11.4 Å². The number of non-ortho nitro benzene ring substituents is 1. The molecular formula is C13H16N4O2. The summed E-state index contributed by atoms with van der Waals surface area (Å²) in [5, 5.41) is 18.7. The number of pyridine rings is 1. The number of benzene rings is 1. The van der Waals surface area contributed by atoms with Crippen molar-refractivity contribution in [3.8, 4) is 0 Å². The first-order valence-electron chi connectivity index (χ1n) is 6.05. The van der Waals surface area contributed by atoms with E-state index in [2.05, 4.69) is 15.6 Å². The van der Waals surface area contributed by atoms with Crippen molar-refractivity contribution in [2.45, 2.75) is 6.92 Å². The average molecular weight is 260 g/mol. The maximum Gasteiger partial charge on any atom is 0.278 e. The highest BCUT2D eigenvalue weighted by molar-refractivity contribution is 5.99. The normalized spacial score (nSPS) is 10.6. The number of nitrogens with one attached hydrogen (secondary N) is 2. The number of rotatable bonds is 5. The van der Waals surface area contributed by atoms with E-state index in [0.717, 1.165) is 29.9 Å². The van der Waals surface area contributed by atoms with Gasteiger partial charge in [0, 0.05) is 42.1 Å². The lowest BCUT2D eigenvalue weighted by molar-refractivity contribution is -0.383. The summed E-state index contributed by atoms with van der Waals surface area (Å²) in [6.07, 6.45) is 1.56. The Bertz CT molecular complexity index is 613. The number of hydrogen-bond donors (Lipinski definition) is 2. The molecule has 0 fully saturated rings. The van der Waals surface area contributed by atoms with Crippen molar-refractivity contribution >= 4 is 22.1 Å². The van der Waals surface area contributed by atoms with Gasteiger partial charge in [0.1, 0.15) is 0 Å². The van der Waals surface area contributed by atoms with Crippen LogP contribution < -0.4 is 10.6 Å². The first-order valence-corrected chi connectivity index (χ1v) is 6.05. The molecule has 0 radical (unpaired) electrons. The van der Waals surface area contributed by atoms with Crippen LogP contribution in [0.3, 0.4) is 0 Å². The minimum Gasteiger partial charge on any atom is -0.383 e. The standard InChI is InChI=1S/C13H16N4O2/c1-9-7-10-11(8-16-9)13(17(18)19)4-3-12(10)15-6-5-14-2/h3-4,7-8,14-15H,5-6H2,1-2H3. The molecule has 1 heterocycles. The van der Waals surface area contributed by atoms with Crippen molar-refractivity contribution in [3.05, 3.63) is 40.2 Å². The van der Waals surface area contributed by atoms with Crippen molar-refractivity contribution in [3.63, 3.8) is 0 Å². The molecule has 2 rings (SSSR count). The summed E-state index contributed by atoms with van der Waals surface area (Å²) in [6.45, 7) is 3.45. The lowest BCUT2D eigenvalue weighted by Crippen LogP contribution is -2.17. The SMILES string of the molecule is CNCCNc1ccc([N+](=O)[O-])c2cnc(C)cc12. The highest BCUT2D eigenvalue weighted by atomic mass is 16.6. The Labute approximate surface area is 111 Å². The Kier molecular flexibility index (Phi) is 3.91. The fourth-order valence-electron chi connectivity index (χ4n) is 1.96. The van der Waals surface area contributed by atoms with Gasteiger partial charge < -0.3 is 10.6 Å². The van der Waals surface area contributed by atoms with Gasteiger partial charge in [-0.25, -0.2) is 0 Å². The third-order valence-corrected chi connectivity index (χ3v) is 2.90. The molecule has 6 nitrogen and oxygen atoms in total. The zero-order chi connectivity index (χ0) is 13.8. The topological polar surface area (TPSA) is 80.1 Å². The van der Waals surface area contributed by atoms with Crippen LogP contribution in [-0.2, 0) is 0 Å². The van der Waals surface area contributed by atoms with Crippen LogP contribution in [0.25, 0.3) is 10.8 Å². The number of hydrogen-bond acceptors (Lipinski definition) is 5. The van der Waals surface area contributed by atoms with Crippen molar-refractivity contribution in [1.82, 2.24) is 10.3 Å². The molecule has 0 aliphatic carbocycles. The minimum atomic E-state index is -0.378. The Morgan fingerprint density at radius 1 is 1.32 bits per heavy atom. The van der Waals surface area contributed by atoms with E-state index in [1.807, 2.05) is 20.0 Å². The summed E-state index contributed by atoms with van der Waals surface area (Å²) < 4.78 is 0. The molecule has 0 aliphatic heterocycles. The first kappa shape index (κ1) is 13.2. The molecule has 0 saturated heterocycles. The third kappa shape index (κ3) is 2.79. The number of anilines is 1. The second kappa shape index (κ2) is 5.62. The van der Waals surface area contributed by atoms with Crippen LogP contribution in [0.2, 0.25) is 0 Å². The molecule has 19 heavy (non-hydrogen) atoms. The van der Waals surface area contributed by atoms with Crippen LogP contribution in [-0.4, -0.2) is 30.0 Å². The third-order valence-electron chi connectivity index (χ3n) is 2.90. The van der Waals surface area contributed by atoms with E-state index in [9.17, 15) is 10.1 Å². The highest BCUT2D eigenvalue weighted by Gasteiger charge is 2.14. The Morgan fingerprint density at radius 3 is 2.79 bits per heavy atom. The molecule has 1 aromatic heterocycles. The van der Waals surface area contributed by atoms with Gasteiger partial charge in [0.05, 0.1) is 10.3 Å². The van der Waals surface area contributed by atoms with Crippen LogP contribution in [0.1, 0.15) is 5.69 Å². The lowest BCUT2D eigenvalue weighted by Gasteiger charge is -2.10. The van der Waals surface area contributed by atoms with E-state index in [1.165, 1.54) is 6.07 Å². The maximum absolute atomic E-state index is 11.0. The molecule has 0 spiro atoms. The monoisotopic (exact) mass is 260 g/mol. The van der Waals surface area contributed by atoms with Crippen LogP contribution in [0.5, 0.6) is 0 Å². The van der Waals surface area contributed by atoms with Gasteiger partial charge in [0.2, 0.25) is 0 Å². The van der Waals surface area contributed by atoms with Crippen molar-refractivity contribution in [1.29, 1.82) is 0 Å². The van der Waals surface area contributed by atoms with Gasteiger partial charge in [-0.1, -0.05) is 0 Å². The molecule has 2 aromatic rings. The van der Waals surface area contributed by atoms with E-state index in [1.54, 1.807) is 12.3 Å². The number of nitro benzene ring substituents is 1. The van der Waals surface area contributed by atoms with Gasteiger partial charge in [-0.05, 0) is 26.1 Å². The summed E-state index contributed by atoms with van der Waals surface area (Å²) in [5.41, 5.74) is 1.81. The van der Waals surface area contributed by atoms with Gasteiger partial charge in [0.15, 0.2) is 0 Å². The molecule has 1 aromatic carbocycles. The Balaban J connectivity index is 2.50. The smallest absolute Gasteiger partial charge is 0.278 e. The van der Waals surface area contributed by atoms with Gasteiger partial charge in [-0.2, -0.15) is 0 Å². The summed E-state index contributed by atoms with van der Waals surface area (Å²) in [4.78, 5) is 14.8. The zero-order valence-electron chi connectivity index (χ0n) is 10.9. The zero-order valence-corrected chi connectivity index (χ0v) is 10.9. The summed E-state index contributed by atoms with van der Waals surface area (Å²) in [6, 6.07) is 5.13. The van der Waals surface area contributed by atoms with Gasteiger partial charge >= 0.3 is 0 Å². The van der Waals surface area contributed by atoms with Crippen molar-refractivity contribution in [2.75, 3.05) is 25.5 Å². The molecular weight excluding hydrogens is 244 g/mol. The van der Waals surface area contributed by atoms with Crippen LogP contribution in [0.15, 0.2) is 24.4 Å². The molecule has 0 amide bonds. The lowest BCUT2D eigenvalue weighted by atomic mass is 10.1. The van der Waals surface area contributed by atoms with E-state index in [0.29, 0.717) is 5.39 Å². The van der Waals surface area contributed by atoms with Crippen molar-refractivity contribution < 1.29 is 4.92 Å². The Hall–Kier alpha value is -2.21. The predicted octanol–water partition coefficient (Wildman–Crippen LogP) is 2.08. The summed E-state index contributed by atoms with van der Waals surface area (Å²) in [7, 11) is 1.88. The van der Waals surface area contributed by atoms with Gasteiger partial charge in [-0.3, -0.25) is 15.1 Å². The highest BCUT2D eigenvalue weighted by Crippen LogP contribution is 2.31. The number of fused-ring (bicyclic) bond motifs is 1. The first-order chi connectivity index (χ1) is 9.13. The predicted molar refractivity (Wildman–Crippen MR) is 75.6 cm³/mol. The van der Waals surface area contributed by atoms with Crippen LogP contribution in [0, 0.1) is 17.0 Å². The summed E-state index contributed by atoms with van der Waals surface area (Å²) in [5.74, 6) is 0. The van der Waals surface area contributed by atoms with E-state index >= 15 is 0 Å². The van der Waals surface area contributed by atoms with Gasteiger partial charge in [0.25, 0.3) is 5.69 Å².